The van der Waals surface area contributed by atoms with E-state index in [-0.39, 0.29) is 0 Å². The molecule has 0 aromatic carbocycles. The number of likely N-dealkylation sites (tertiary alicyclic amines) is 1. The molecule has 1 aromatic heterocycles. The molecule has 0 unspecified atom stereocenters. The number of hydrogen-bond acceptors (Lipinski definition) is 3. The van der Waals surface area contributed by atoms with E-state index in [4.69, 9.17) is 10.2 Å². The zero-order chi connectivity index (χ0) is 13.2. The summed E-state index contributed by atoms with van der Waals surface area (Å²) in [5.74, 6) is 2.92. The molecule has 2 fully saturated rings. The quantitative estimate of drug-likeness (QED) is 0.909. The van der Waals surface area contributed by atoms with Crippen molar-refractivity contribution in [1.82, 2.24) is 4.90 Å². The van der Waals surface area contributed by atoms with Crippen LogP contribution >= 0.6 is 0 Å². The maximum atomic E-state index is 5.69. The number of piperidine rings is 1. The summed E-state index contributed by atoms with van der Waals surface area (Å²) in [5, 5.41) is 0. The van der Waals surface area contributed by atoms with E-state index in [1.807, 2.05) is 0 Å². The summed E-state index contributed by atoms with van der Waals surface area (Å²) in [6.07, 6.45) is 8.50. The second kappa shape index (κ2) is 5.68. The molecular formula is C16H26N2O. The fraction of sp³-hybridized carbons (Fsp3) is 0.750. The smallest absolute Gasteiger partial charge is 0.118 e. The van der Waals surface area contributed by atoms with Crippen molar-refractivity contribution in [3.05, 3.63) is 23.2 Å². The third-order valence-electron chi connectivity index (χ3n) is 5.00. The van der Waals surface area contributed by atoms with Crippen LogP contribution < -0.4 is 5.73 Å². The van der Waals surface area contributed by atoms with Gasteiger partial charge in [-0.1, -0.05) is 12.8 Å². The molecule has 0 amide bonds. The van der Waals surface area contributed by atoms with Crippen LogP contribution in [0.1, 0.15) is 55.6 Å². The first-order valence-electron chi connectivity index (χ1n) is 7.80. The Morgan fingerprint density at radius 3 is 2.84 bits per heavy atom. The molecule has 3 rings (SSSR count). The zero-order valence-electron chi connectivity index (χ0n) is 12.0. The van der Waals surface area contributed by atoms with Crippen molar-refractivity contribution >= 4 is 0 Å². The van der Waals surface area contributed by atoms with Crippen LogP contribution in [0.4, 0.5) is 0 Å². The number of hydrogen-bond donors (Lipinski definition) is 1. The summed E-state index contributed by atoms with van der Waals surface area (Å²) in [4.78, 5) is 2.70. The molecule has 0 spiro atoms. The van der Waals surface area contributed by atoms with Crippen molar-refractivity contribution in [2.45, 2.75) is 64.6 Å². The van der Waals surface area contributed by atoms with Crippen LogP contribution in [0.15, 0.2) is 10.5 Å². The van der Waals surface area contributed by atoms with Gasteiger partial charge in [-0.2, -0.15) is 0 Å². The van der Waals surface area contributed by atoms with Crippen LogP contribution in [0.3, 0.4) is 0 Å². The molecule has 3 nitrogen and oxygen atoms in total. The Balaban J connectivity index is 1.72. The molecule has 1 saturated carbocycles. The molecule has 2 atom stereocenters. The van der Waals surface area contributed by atoms with Crippen molar-refractivity contribution in [1.29, 1.82) is 0 Å². The molecule has 106 valence electrons. The molecule has 1 aliphatic heterocycles. The average molecular weight is 262 g/mol. The standard InChI is InChI=1S/C16H26N2O/c1-12-14(9-15(10-17)19-12)11-18-8-4-6-13-5-2-3-7-16(13)18/h9,13,16H,2-8,10-11,17H2,1H3/t13-,16-/m1/s1. The van der Waals surface area contributed by atoms with Crippen LogP contribution in [-0.2, 0) is 13.1 Å². The largest absolute Gasteiger partial charge is 0.465 e. The first-order valence-corrected chi connectivity index (χ1v) is 7.80. The van der Waals surface area contributed by atoms with E-state index in [1.54, 1.807) is 0 Å². The molecule has 0 bridgehead atoms. The second-order valence-electron chi connectivity index (χ2n) is 6.22. The van der Waals surface area contributed by atoms with Gasteiger partial charge in [0, 0.05) is 18.2 Å². The van der Waals surface area contributed by atoms with Crippen molar-refractivity contribution in [2.24, 2.45) is 11.7 Å². The number of rotatable bonds is 3. The second-order valence-corrected chi connectivity index (χ2v) is 6.22. The lowest BCUT2D eigenvalue weighted by Gasteiger charge is -2.44. The monoisotopic (exact) mass is 262 g/mol. The van der Waals surface area contributed by atoms with Gasteiger partial charge in [0.2, 0.25) is 0 Å². The minimum atomic E-state index is 0.507. The molecular weight excluding hydrogens is 236 g/mol. The third-order valence-corrected chi connectivity index (χ3v) is 5.00. The van der Waals surface area contributed by atoms with E-state index in [0.29, 0.717) is 6.54 Å². The molecule has 19 heavy (non-hydrogen) atoms. The molecule has 2 heterocycles. The van der Waals surface area contributed by atoms with E-state index < -0.39 is 0 Å². The minimum absolute atomic E-state index is 0.507. The highest BCUT2D eigenvalue weighted by atomic mass is 16.3. The molecule has 0 radical (unpaired) electrons. The predicted octanol–water partition coefficient (Wildman–Crippen LogP) is 3.20. The summed E-state index contributed by atoms with van der Waals surface area (Å²) in [7, 11) is 0. The van der Waals surface area contributed by atoms with Gasteiger partial charge in [0.15, 0.2) is 0 Å². The van der Waals surface area contributed by atoms with Gasteiger partial charge in [0.25, 0.3) is 0 Å². The van der Waals surface area contributed by atoms with Gasteiger partial charge in [-0.3, -0.25) is 4.90 Å². The Labute approximate surface area is 116 Å². The zero-order valence-corrected chi connectivity index (χ0v) is 12.0. The summed E-state index contributed by atoms with van der Waals surface area (Å²) < 4.78 is 5.69. The Morgan fingerprint density at radius 2 is 2.05 bits per heavy atom. The number of nitrogens with two attached hydrogens (primary N) is 1. The molecule has 1 aromatic rings. The highest BCUT2D eigenvalue weighted by molar-refractivity contribution is 5.21. The molecule has 2 N–H and O–H groups in total. The Morgan fingerprint density at radius 1 is 1.26 bits per heavy atom. The third kappa shape index (κ3) is 2.72. The summed E-state index contributed by atoms with van der Waals surface area (Å²) >= 11 is 0. The van der Waals surface area contributed by atoms with Crippen LogP contribution in [0.2, 0.25) is 0 Å². The van der Waals surface area contributed by atoms with E-state index in [9.17, 15) is 0 Å². The lowest BCUT2D eigenvalue weighted by molar-refractivity contribution is 0.0544. The van der Waals surface area contributed by atoms with E-state index in [2.05, 4.69) is 17.9 Å². The van der Waals surface area contributed by atoms with Gasteiger partial charge in [-0.15, -0.1) is 0 Å². The number of aryl methyl sites for hydroxylation is 1. The maximum Gasteiger partial charge on any atom is 0.118 e. The first kappa shape index (κ1) is 13.2. The van der Waals surface area contributed by atoms with Gasteiger partial charge in [-0.25, -0.2) is 0 Å². The van der Waals surface area contributed by atoms with Crippen molar-refractivity contribution < 1.29 is 4.42 Å². The lowest BCUT2D eigenvalue weighted by atomic mass is 9.78. The average Bonchev–Trinajstić information content (AvgIpc) is 2.80. The molecule has 1 saturated heterocycles. The number of nitrogens with zero attached hydrogens (tertiary/aromatic N) is 1. The maximum absolute atomic E-state index is 5.69. The fourth-order valence-electron chi connectivity index (χ4n) is 3.99. The van der Waals surface area contributed by atoms with Crippen LogP contribution in [-0.4, -0.2) is 17.5 Å². The van der Waals surface area contributed by atoms with Crippen LogP contribution in [0.5, 0.6) is 0 Å². The van der Waals surface area contributed by atoms with Gasteiger partial charge < -0.3 is 10.2 Å². The molecule has 3 heteroatoms. The molecule has 1 aliphatic carbocycles. The van der Waals surface area contributed by atoms with Gasteiger partial charge >= 0.3 is 0 Å². The summed E-state index contributed by atoms with van der Waals surface area (Å²) in [6, 6.07) is 2.97. The Bertz CT molecular complexity index is 424. The summed E-state index contributed by atoms with van der Waals surface area (Å²) in [5.41, 5.74) is 7.00. The predicted molar refractivity (Wildman–Crippen MR) is 76.7 cm³/mol. The van der Waals surface area contributed by atoms with Crippen LogP contribution in [0.25, 0.3) is 0 Å². The van der Waals surface area contributed by atoms with Gasteiger partial charge in [0.1, 0.15) is 11.5 Å². The van der Waals surface area contributed by atoms with Gasteiger partial charge in [0.05, 0.1) is 6.54 Å². The van der Waals surface area contributed by atoms with Crippen molar-refractivity contribution in [3.63, 3.8) is 0 Å². The Hall–Kier alpha value is -0.800. The van der Waals surface area contributed by atoms with E-state index in [0.717, 1.165) is 30.0 Å². The number of furan rings is 1. The van der Waals surface area contributed by atoms with E-state index in [1.165, 1.54) is 50.6 Å². The minimum Gasteiger partial charge on any atom is -0.465 e. The SMILES string of the molecule is Cc1oc(CN)cc1CN1CCC[C@H]2CCCC[C@H]21. The highest BCUT2D eigenvalue weighted by Gasteiger charge is 2.33. The summed E-state index contributed by atoms with van der Waals surface area (Å²) in [6.45, 7) is 4.88. The first-order chi connectivity index (χ1) is 9.28. The van der Waals surface area contributed by atoms with Crippen LogP contribution in [0, 0.1) is 12.8 Å². The fourth-order valence-corrected chi connectivity index (χ4v) is 3.99. The topological polar surface area (TPSA) is 42.4 Å². The Kier molecular flexibility index (Phi) is 3.94. The molecule has 2 aliphatic rings. The highest BCUT2D eigenvalue weighted by Crippen LogP contribution is 2.36. The normalized spacial score (nSPS) is 28.3. The van der Waals surface area contributed by atoms with E-state index >= 15 is 0 Å². The number of fused-ring (bicyclic) bond motifs is 1. The van der Waals surface area contributed by atoms with Crippen molar-refractivity contribution in [3.8, 4) is 0 Å². The van der Waals surface area contributed by atoms with Crippen molar-refractivity contribution in [2.75, 3.05) is 6.54 Å². The lowest BCUT2D eigenvalue weighted by Crippen LogP contribution is -2.46. The van der Waals surface area contributed by atoms with Gasteiger partial charge in [-0.05, 0) is 51.1 Å².